The summed E-state index contributed by atoms with van der Waals surface area (Å²) in [6.45, 7) is 2.86. The van der Waals surface area contributed by atoms with E-state index in [9.17, 15) is 9.59 Å². The highest BCUT2D eigenvalue weighted by Crippen LogP contribution is 2.25. The zero-order valence-corrected chi connectivity index (χ0v) is 18.6. The van der Waals surface area contributed by atoms with Gasteiger partial charge in [0, 0.05) is 44.8 Å². The van der Waals surface area contributed by atoms with Gasteiger partial charge in [-0.3, -0.25) is 9.59 Å². The number of methoxy groups -OCH3 is 1. The van der Waals surface area contributed by atoms with E-state index in [2.05, 4.69) is 0 Å². The summed E-state index contributed by atoms with van der Waals surface area (Å²) in [5.74, 6) is 0.142. The van der Waals surface area contributed by atoms with Crippen LogP contribution in [0.15, 0.2) is 72.8 Å². The van der Waals surface area contributed by atoms with Crippen LogP contribution in [0.2, 0.25) is 0 Å². The van der Waals surface area contributed by atoms with Crippen molar-refractivity contribution < 1.29 is 14.3 Å². The number of hydrogen-bond donors (Lipinski definition) is 0. The number of fused-ring (bicyclic) bond motifs is 1. The lowest BCUT2D eigenvalue weighted by Gasteiger charge is -2.34. The molecular weight excluding hydrogens is 400 g/mol. The number of hydrogen-bond acceptors (Lipinski definition) is 3. The van der Waals surface area contributed by atoms with Gasteiger partial charge in [0.2, 0.25) is 5.91 Å². The molecule has 5 nitrogen and oxygen atoms in total. The Morgan fingerprint density at radius 1 is 0.938 bits per heavy atom. The van der Waals surface area contributed by atoms with E-state index in [1.165, 1.54) is 0 Å². The largest absolute Gasteiger partial charge is 0.383 e. The van der Waals surface area contributed by atoms with Crippen molar-refractivity contribution in [1.29, 1.82) is 0 Å². The number of ether oxygens (including phenoxy) is 1. The predicted octanol–water partition coefficient (Wildman–Crippen LogP) is 4.37. The third-order valence-electron chi connectivity index (χ3n) is 6.24. The topological polar surface area (TPSA) is 49.9 Å². The molecule has 1 saturated heterocycles. The van der Waals surface area contributed by atoms with E-state index in [0.717, 1.165) is 21.9 Å². The van der Waals surface area contributed by atoms with Crippen LogP contribution in [0.5, 0.6) is 0 Å². The van der Waals surface area contributed by atoms with Gasteiger partial charge in [-0.15, -0.1) is 0 Å². The molecule has 32 heavy (non-hydrogen) atoms. The summed E-state index contributed by atoms with van der Waals surface area (Å²) < 4.78 is 5.23. The molecule has 1 heterocycles. The molecule has 5 heteroatoms. The monoisotopic (exact) mass is 430 g/mol. The molecule has 0 atom stereocenters. The first-order chi connectivity index (χ1) is 15.7. The first-order valence-electron chi connectivity index (χ1n) is 11.3. The zero-order valence-electron chi connectivity index (χ0n) is 18.6. The summed E-state index contributed by atoms with van der Waals surface area (Å²) in [7, 11) is 1.66. The number of carbonyl (C=O) groups is 2. The second-order valence-corrected chi connectivity index (χ2v) is 8.33. The van der Waals surface area contributed by atoms with Crippen molar-refractivity contribution >= 4 is 22.6 Å². The minimum absolute atomic E-state index is 0.0493. The number of rotatable bonds is 7. The lowest BCUT2D eigenvalue weighted by atomic mass is 9.94. The molecule has 0 radical (unpaired) electrons. The Kier molecular flexibility index (Phi) is 7.17. The van der Waals surface area contributed by atoms with E-state index in [-0.39, 0.29) is 17.7 Å². The number of amides is 2. The van der Waals surface area contributed by atoms with E-state index in [4.69, 9.17) is 4.74 Å². The smallest absolute Gasteiger partial charge is 0.254 e. The maximum absolute atomic E-state index is 13.3. The second-order valence-electron chi connectivity index (χ2n) is 8.33. The summed E-state index contributed by atoms with van der Waals surface area (Å²) in [6, 6.07) is 23.9. The van der Waals surface area contributed by atoms with Crippen molar-refractivity contribution in [3.63, 3.8) is 0 Å². The third kappa shape index (κ3) is 5.00. The molecule has 3 aromatic rings. The lowest BCUT2D eigenvalue weighted by molar-refractivity contribution is -0.138. The number of benzene rings is 3. The van der Waals surface area contributed by atoms with Gasteiger partial charge in [-0.25, -0.2) is 0 Å². The summed E-state index contributed by atoms with van der Waals surface area (Å²) in [6.07, 6.45) is 1.38. The van der Waals surface area contributed by atoms with Crippen LogP contribution in [-0.2, 0) is 16.1 Å². The molecule has 1 aliphatic rings. The normalized spacial score (nSPS) is 14.5. The molecule has 1 aliphatic heterocycles. The molecule has 0 spiro atoms. The number of carbonyl (C=O) groups excluding carboxylic acids is 2. The molecule has 0 bridgehead atoms. The molecule has 2 amide bonds. The van der Waals surface area contributed by atoms with E-state index >= 15 is 0 Å². The van der Waals surface area contributed by atoms with Gasteiger partial charge >= 0.3 is 0 Å². The van der Waals surface area contributed by atoms with Gasteiger partial charge in [0.05, 0.1) is 6.61 Å². The van der Waals surface area contributed by atoms with Crippen LogP contribution in [0, 0.1) is 5.92 Å². The first kappa shape index (κ1) is 22.0. The van der Waals surface area contributed by atoms with Crippen LogP contribution < -0.4 is 0 Å². The average Bonchev–Trinajstić information content (AvgIpc) is 2.86. The van der Waals surface area contributed by atoms with Gasteiger partial charge in [-0.1, -0.05) is 66.7 Å². The fourth-order valence-corrected chi connectivity index (χ4v) is 4.44. The van der Waals surface area contributed by atoms with Gasteiger partial charge in [-0.2, -0.15) is 0 Å². The molecule has 1 fully saturated rings. The number of likely N-dealkylation sites (tertiary alicyclic amines) is 1. The van der Waals surface area contributed by atoms with Gasteiger partial charge in [0.15, 0.2) is 0 Å². The minimum atomic E-state index is -0.0628. The molecule has 166 valence electrons. The average molecular weight is 431 g/mol. The van der Waals surface area contributed by atoms with Crippen molar-refractivity contribution in [2.75, 3.05) is 33.4 Å². The van der Waals surface area contributed by atoms with Crippen LogP contribution in [0.3, 0.4) is 0 Å². The van der Waals surface area contributed by atoms with Crippen LogP contribution in [-0.4, -0.2) is 55.0 Å². The van der Waals surface area contributed by atoms with E-state index in [0.29, 0.717) is 45.6 Å². The minimum Gasteiger partial charge on any atom is -0.383 e. The molecule has 4 rings (SSSR count). The van der Waals surface area contributed by atoms with Crippen LogP contribution >= 0.6 is 0 Å². The van der Waals surface area contributed by atoms with Crippen molar-refractivity contribution in [3.05, 3.63) is 83.9 Å². The summed E-state index contributed by atoms with van der Waals surface area (Å²) in [4.78, 5) is 30.3. The molecule has 0 aromatic heterocycles. The molecule has 0 aliphatic carbocycles. The van der Waals surface area contributed by atoms with E-state index in [1.807, 2.05) is 82.6 Å². The molecule has 0 unspecified atom stereocenters. The molecule has 0 saturated carbocycles. The Hall–Kier alpha value is -3.18. The molecule has 0 N–H and O–H groups in total. The first-order valence-corrected chi connectivity index (χ1v) is 11.3. The maximum atomic E-state index is 13.3. The van der Waals surface area contributed by atoms with Crippen molar-refractivity contribution in [1.82, 2.24) is 9.80 Å². The van der Waals surface area contributed by atoms with Crippen LogP contribution in [0.1, 0.15) is 28.8 Å². The van der Waals surface area contributed by atoms with E-state index in [1.54, 1.807) is 7.11 Å². The SMILES string of the molecule is COCCN(Cc1ccccc1)C(=O)C1CCN(C(=O)c2cccc3ccccc23)CC1. The highest BCUT2D eigenvalue weighted by atomic mass is 16.5. The van der Waals surface area contributed by atoms with E-state index < -0.39 is 0 Å². The van der Waals surface area contributed by atoms with Gasteiger partial charge in [0.25, 0.3) is 5.91 Å². The standard InChI is InChI=1S/C27H30N2O3/c1-32-19-18-29(20-21-8-3-2-4-9-21)26(30)23-14-16-28(17-15-23)27(31)25-13-7-11-22-10-5-6-12-24(22)25/h2-13,23H,14-20H2,1H3. The quantitative estimate of drug-likeness (QED) is 0.559. The Balaban J connectivity index is 1.41. The molecule has 3 aromatic carbocycles. The fourth-order valence-electron chi connectivity index (χ4n) is 4.44. The zero-order chi connectivity index (χ0) is 22.3. The highest BCUT2D eigenvalue weighted by Gasteiger charge is 2.31. The van der Waals surface area contributed by atoms with Gasteiger partial charge in [0.1, 0.15) is 0 Å². The summed E-state index contributed by atoms with van der Waals surface area (Å²) in [5.41, 5.74) is 1.85. The predicted molar refractivity (Wildman–Crippen MR) is 126 cm³/mol. The number of nitrogens with zero attached hydrogens (tertiary/aromatic N) is 2. The Bertz CT molecular complexity index is 1050. The second kappa shape index (κ2) is 10.4. The van der Waals surface area contributed by atoms with Crippen molar-refractivity contribution in [2.45, 2.75) is 19.4 Å². The van der Waals surface area contributed by atoms with Crippen LogP contribution in [0.25, 0.3) is 10.8 Å². The third-order valence-corrected chi connectivity index (χ3v) is 6.24. The van der Waals surface area contributed by atoms with Crippen molar-refractivity contribution in [3.8, 4) is 0 Å². The Labute approximate surface area is 189 Å². The Morgan fingerprint density at radius 2 is 1.62 bits per heavy atom. The number of piperidine rings is 1. The Morgan fingerprint density at radius 3 is 2.38 bits per heavy atom. The van der Waals surface area contributed by atoms with Crippen molar-refractivity contribution in [2.24, 2.45) is 5.92 Å². The maximum Gasteiger partial charge on any atom is 0.254 e. The lowest BCUT2D eigenvalue weighted by Crippen LogP contribution is -2.45. The summed E-state index contributed by atoms with van der Waals surface area (Å²) >= 11 is 0. The van der Waals surface area contributed by atoms with Gasteiger partial charge < -0.3 is 14.5 Å². The fraction of sp³-hybridized carbons (Fsp3) is 0.333. The van der Waals surface area contributed by atoms with Gasteiger partial charge in [-0.05, 0) is 35.2 Å². The van der Waals surface area contributed by atoms with Crippen LogP contribution in [0.4, 0.5) is 0 Å². The highest BCUT2D eigenvalue weighted by molar-refractivity contribution is 6.07. The summed E-state index contributed by atoms with van der Waals surface area (Å²) in [5, 5.41) is 2.05. The molecular formula is C27H30N2O3.